The van der Waals surface area contributed by atoms with Crippen LogP contribution in [0.2, 0.25) is 0 Å². The summed E-state index contributed by atoms with van der Waals surface area (Å²) in [6.45, 7) is 4.60. The lowest BCUT2D eigenvalue weighted by molar-refractivity contribution is -0.126. The van der Waals surface area contributed by atoms with E-state index in [0.29, 0.717) is 6.04 Å². The van der Waals surface area contributed by atoms with E-state index in [0.717, 1.165) is 32.7 Å². The molecule has 2 N–H and O–H groups in total. The van der Waals surface area contributed by atoms with E-state index in [-0.39, 0.29) is 11.8 Å². The number of likely N-dealkylation sites (tertiary alicyclic amines) is 1. The second-order valence-corrected chi connectivity index (χ2v) is 6.21. The summed E-state index contributed by atoms with van der Waals surface area (Å²) in [5, 5.41) is 6.30. The Kier molecular flexibility index (Phi) is 4.88. The largest absolute Gasteiger partial charge is 0.354 e. The van der Waals surface area contributed by atoms with Gasteiger partial charge in [0.1, 0.15) is 0 Å². The predicted octanol–water partition coefficient (Wildman–Crippen LogP) is 1.38. The van der Waals surface area contributed by atoms with E-state index in [1.165, 1.54) is 24.8 Å². The fourth-order valence-electron chi connectivity index (χ4n) is 3.15. The van der Waals surface area contributed by atoms with Crippen LogP contribution in [0, 0.1) is 5.92 Å². The summed E-state index contributed by atoms with van der Waals surface area (Å²) in [5.41, 5.74) is 1.36. The van der Waals surface area contributed by atoms with Crippen molar-refractivity contribution in [3.63, 3.8) is 0 Å². The molecule has 2 aliphatic rings. The fourth-order valence-corrected chi connectivity index (χ4v) is 3.15. The molecule has 0 radical (unpaired) electrons. The Bertz CT molecular complexity index is 458. The predicted molar refractivity (Wildman–Crippen MR) is 83.9 cm³/mol. The van der Waals surface area contributed by atoms with Gasteiger partial charge in [0.15, 0.2) is 0 Å². The topological polar surface area (TPSA) is 44.4 Å². The van der Waals surface area contributed by atoms with Crippen LogP contribution in [-0.4, -0.2) is 43.0 Å². The Morgan fingerprint density at radius 2 is 2.05 bits per heavy atom. The standard InChI is InChI=1S/C17H25N3O/c21-17(15-10-18-11-15)19-12-16-8-4-5-9-20(16)13-14-6-2-1-3-7-14/h1-3,6-7,15-16,18H,4-5,8-13H2,(H,19,21). The van der Waals surface area contributed by atoms with Crippen molar-refractivity contribution >= 4 is 5.91 Å². The average Bonchev–Trinajstić information content (AvgIpc) is 2.46. The van der Waals surface area contributed by atoms with Crippen molar-refractivity contribution in [2.45, 2.75) is 31.8 Å². The lowest BCUT2D eigenvalue weighted by Gasteiger charge is -2.36. The molecule has 0 saturated carbocycles. The minimum Gasteiger partial charge on any atom is -0.354 e. The highest BCUT2D eigenvalue weighted by molar-refractivity contribution is 5.80. The van der Waals surface area contributed by atoms with E-state index < -0.39 is 0 Å². The number of nitrogens with one attached hydrogen (secondary N) is 2. The molecule has 1 amide bonds. The molecule has 0 bridgehead atoms. The first-order valence-electron chi connectivity index (χ1n) is 8.09. The third-order valence-electron chi connectivity index (χ3n) is 4.64. The van der Waals surface area contributed by atoms with Gasteiger partial charge in [0, 0.05) is 32.2 Å². The molecule has 0 aromatic heterocycles. The second-order valence-electron chi connectivity index (χ2n) is 6.21. The number of hydrogen-bond donors (Lipinski definition) is 2. The molecule has 2 fully saturated rings. The zero-order valence-corrected chi connectivity index (χ0v) is 12.6. The highest BCUT2D eigenvalue weighted by Crippen LogP contribution is 2.19. The van der Waals surface area contributed by atoms with Gasteiger partial charge in [0.25, 0.3) is 0 Å². The van der Waals surface area contributed by atoms with Gasteiger partial charge in [-0.05, 0) is 24.9 Å². The number of carbonyl (C=O) groups is 1. The van der Waals surface area contributed by atoms with Gasteiger partial charge in [-0.25, -0.2) is 0 Å². The first-order chi connectivity index (χ1) is 10.3. The maximum absolute atomic E-state index is 12.0. The second kappa shape index (κ2) is 7.05. The molecule has 2 aliphatic heterocycles. The molecule has 2 heterocycles. The summed E-state index contributed by atoms with van der Waals surface area (Å²) < 4.78 is 0. The van der Waals surface area contributed by atoms with Crippen LogP contribution < -0.4 is 10.6 Å². The summed E-state index contributed by atoms with van der Waals surface area (Å²) in [6, 6.07) is 11.1. The summed E-state index contributed by atoms with van der Waals surface area (Å²) in [5.74, 6) is 0.412. The van der Waals surface area contributed by atoms with Crippen LogP contribution in [0.15, 0.2) is 30.3 Å². The van der Waals surface area contributed by atoms with E-state index in [9.17, 15) is 4.79 Å². The molecule has 4 heteroatoms. The molecule has 114 valence electrons. The van der Waals surface area contributed by atoms with Gasteiger partial charge in [-0.2, -0.15) is 0 Å². The summed E-state index contributed by atoms with van der Waals surface area (Å²) in [4.78, 5) is 14.5. The molecular weight excluding hydrogens is 262 g/mol. The SMILES string of the molecule is O=C(NCC1CCCCN1Cc1ccccc1)C1CNC1. The number of carbonyl (C=O) groups excluding carboxylic acids is 1. The maximum Gasteiger partial charge on any atom is 0.225 e. The zero-order valence-electron chi connectivity index (χ0n) is 12.6. The molecule has 0 aliphatic carbocycles. The van der Waals surface area contributed by atoms with E-state index in [1.807, 2.05) is 0 Å². The van der Waals surface area contributed by atoms with E-state index in [4.69, 9.17) is 0 Å². The van der Waals surface area contributed by atoms with E-state index in [1.54, 1.807) is 0 Å². The van der Waals surface area contributed by atoms with Gasteiger partial charge in [-0.15, -0.1) is 0 Å². The van der Waals surface area contributed by atoms with Gasteiger partial charge in [0.05, 0.1) is 5.92 Å². The molecule has 2 saturated heterocycles. The van der Waals surface area contributed by atoms with Crippen LogP contribution in [-0.2, 0) is 11.3 Å². The first-order valence-corrected chi connectivity index (χ1v) is 8.09. The summed E-state index contributed by atoms with van der Waals surface area (Å²) in [6.07, 6.45) is 3.73. The van der Waals surface area contributed by atoms with Crippen molar-refractivity contribution in [3.05, 3.63) is 35.9 Å². The van der Waals surface area contributed by atoms with E-state index in [2.05, 4.69) is 45.9 Å². The smallest absolute Gasteiger partial charge is 0.225 e. The van der Waals surface area contributed by atoms with Gasteiger partial charge in [0.2, 0.25) is 5.91 Å². The van der Waals surface area contributed by atoms with Crippen molar-refractivity contribution in [1.29, 1.82) is 0 Å². The monoisotopic (exact) mass is 287 g/mol. The van der Waals surface area contributed by atoms with Crippen molar-refractivity contribution in [1.82, 2.24) is 15.5 Å². The Morgan fingerprint density at radius 1 is 1.24 bits per heavy atom. The average molecular weight is 287 g/mol. The van der Waals surface area contributed by atoms with Crippen LogP contribution in [0.4, 0.5) is 0 Å². The zero-order chi connectivity index (χ0) is 14.5. The number of amides is 1. The molecule has 1 aromatic rings. The quantitative estimate of drug-likeness (QED) is 0.860. The number of benzene rings is 1. The van der Waals surface area contributed by atoms with Crippen LogP contribution in [0.25, 0.3) is 0 Å². The van der Waals surface area contributed by atoms with Crippen LogP contribution >= 0.6 is 0 Å². The highest BCUT2D eigenvalue weighted by Gasteiger charge is 2.27. The van der Waals surface area contributed by atoms with Crippen molar-refractivity contribution in [2.75, 3.05) is 26.2 Å². The molecule has 1 aromatic carbocycles. The fraction of sp³-hybridized carbons (Fsp3) is 0.588. The number of hydrogen-bond acceptors (Lipinski definition) is 3. The third-order valence-corrected chi connectivity index (χ3v) is 4.64. The van der Waals surface area contributed by atoms with Crippen LogP contribution in [0.5, 0.6) is 0 Å². The van der Waals surface area contributed by atoms with Gasteiger partial charge < -0.3 is 10.6 Å². The minimum atomic E-state index is 0.191. The number of nitrogens with zero attached hydrogens (tertiary/aromatic N) is 1. The Balaban J connectivity index is 1.52. The van der Waals surface area contributed by atoms with Crippen LogP contribution in [0.1, 0.15) is 24.8 Å². The number of piperidine rings is 1. The van der Waals surface area contributed by atoms with E-state index >= 15 is 0 Å². The third kappa shape index (κ3) is 3.83. The van der Waals surface area contributed by atoms with Gasteiger partial charge in [-0.3, -0.25) is 9.69 Å². The van der Waals surface area contributed by atoms with Crippen molar-refractivity contribution < 1.29 is 4.79 Å². The lowest BCUT2D eigenvalue weighted by atomic mass is 9.99. The molecule has 1 atom stereocenters. The maximum atomic E-state index is 12.0. The summed E-state index contributed by atoms with van der Waals surface area (Å²) >= 11 is 0. The highest BCUT2D eigenvalue weighted by atomic mass is 16.2. The number of rotatable bonds is 5. The Morgan fingerprint density at radius 3 is 2.76 bits per heavy atom. The van der Waals surface area contributed by atoms with Gasteiger partial charge in [-0.1, -0.05) is 36.8 Å². The van der Waals surface area contributed by atoms with Gasteiger partial charge >= 0.3 is 0 Å². The normalized spacial score (nSPS) is 23.5. The van der Waals surface area contributed by atoms with Crippen molar-refractivity contribution in [3.8, 4) is 0 Å². The summed E-state index contributed by atoms with van der Waals surface area (Å²) in [7, 11) is 0. The van der Waals surface area contributed by atoms with Crippen LogP contribution in [0.3, 0.4) is 0 Å². The Labute approximate surface area is 126 Å². The molecule has 21 heavy (non-hydrogen) atoms. The molecule has 1 unspecified atom stereocenters. The lowest BCUT2D eigenvalue weighted by Crippen LogP contribution is -2.53. The molecule has 0 spiro atoms. The molecule has 3 rings (SSSR count). The minimum absolute atomic E-state index is 0.191. The Hall–Kier alpha value is -1.39. The van der Waals surface area contributed by atoms with Crippen molar-refractivity contribution in [2.24, 2.45) is 5.92 Å². The molecular formula is C17H25N3O. The first kappa shape index (κ1) is 14.5. The molecule has 4 nitrogen and oxygen atoms in total.